The van der Waals surface area contributed by atoms with Crippen LogP contribution >= 0.6 is 0 Å². The number of alkyl halides is 3. The molecule has 0 heterocycles. The molecule has 0 amide bonds. The van der Waals surface area contributed by atoms with Gasteiger partial charge in [0.15, 0.2) is 0 Å². The molecule has 0 unspecified atom stereocenters. The Balaban J connectivity index is 3.49. The Labute approximate surface area is 82.8 Å². The van der Waals surface area contributed by atoms with Crippen LogP contribution in [-0.2, 0) is 6.18 Å². The van der Waals surface area contributed by atoms with Gasteiger partial charge in [-0.05, 0) is 24.6 Å². The summed E-state index contributed by atoms with van der Waals surface area (Å²) in [5, 5.41) is 17.7. The normalized spacial score (nSPS) is 11.5. The monoisotopic (exact) mass is 220 g/mol. The molecule has 0 saturated heterocycles. The van der Waals surface area contributed by atoms with Gasteiger partial charge in [0.2, 0.25) is 0 Å². The second kappa shape index (κ2) is 3.45. The fraction of sp³-hybridized carbons (Fsp3) is 0.222. The first-order valence-electron chi connectivity index (χ1n) is 3.87. The summed E-state index contributed by atoms with van der Waals surface area (Å²) in [7, 11) is 0. The first-order valence-corrected chi connectivity index (χ1v) is 3.87. The highest BCUT2D eigenvalue weighted by atomic mass is 19.4. The Morgan fingerprint density at radius 2 is 1.87 bits per heavy atom. The van der Waals surface area contributed by atoms with Crippen LogP contribution in [-0.4, -0.2) is 16.2 Å². The van der Waals surface area contributed by atoms with Crippen molar-refractivity contribution < 1.29 is 28.2 Å². The molecule has 15 heavy (non-hydrogen) atoms. The van der Waals surface area contributed by atoms with E-state index in [4.69, 9.17) is 10.2 Å². The van der Waals surface area contributed by atoms with Gasteiger partial charge in [-0.1, -0.05) is 0 Å². The summed E-state index contributed by atoms with van der Waals surface area (Å²) in [6.07, 6.45) is -4.76. The zero-order valence-corrected chi connectivity index (χ0v) is 7.59. The molecule has 0 saturated carbocycles. The number of benzene rings is 1. The predicted octanol–water partition coefficient (Wildman–Crippen LogP) is 2.42. The van der Waals surface area contributed by atoms with Crippen molar-refractivity contribution in [2.24, 2.45) is 0 Å². The number of hydrogen-bond acceptors (Lipinski definition) is 2. The second-order valence-corrected chi connectivity index (χ2v) is 3.01. The van der Waals surface area contributed by atoms with Crippen LogP contribution in [0.1, 0.15) is 21.5 Å². The summed E-state index contributed by atoms with van der Waals surface area (Å²) in [6, 6.07) is 1.68. The van der Waals surface area contributed by atoms with E-state index in [1.807, 2.05) is 0 Å². The molecule has 0 atom stereocenters. The van der Waals surface area contributed by atoms with Crippen LogP contribution in [0, 0.1) is 6.92 Å². The Morgan fingerprint density at radius 1 is 1.33 bits per heavy atom. The zero-order valence-electron chi connectivity index (χ0n) is 7.59. The largest absolute Gasteiger partial charge is 0.506 e. The van der Waals surface area contributed by atoms with Crippen LogP contribution in [0.2, 0.25) is 0 Å². The van der Waals surface area contributed by atoms with Gasteiger partial charge in [-0.25, -0.2) is 4.79 Å². The van der Waals surface area contributed by atoms with Crippen LogP contribution in [0.15, 0.2) is 12.1 Å². The number of aromatic hydroxyl groups is 1. The third kappa shape index (κ3) is 2.20. The van der Waals surface area contributed by atoms with Gasteiger partial charge in [0.05, 0.1) is 5.56 Å². The fourth-order valence-corrected chi connectivity index (χ4v) is 1.16. The number of aryl methyl sites for hydroxylation is 1. The van der Waals surface area contributed by atoms with E-state index in [1.165, 1.54) is 6.92 Å². The molecule has 2 N–H and O–H groups in total. The minimum atomic E-state index is -4.76. The lowest BCUT2D eigenvalue weighted by Gasteiger charge is -2.11. The average Bonchev–Trinajstić information content (AvgIpc) is 2.06. The van der Waals surface area contributed by atoms with Crippen molar-refractivity contribution >= 4 is 5.97 Å². The van der Waals surface area contributed by atoms with Crippen molar-refractivity contribution in [1.29, 1.82) is 0 Å². The lowest BCUT2D eigenvalue weighted by atomic mass is 10.0. The molecular formula is C9H7F3O3. The van der Waals surface area contributed by atoms with Gasteiger partial charge in [-0.2, -0.15) is 13.2 Å². The number of hydrogen-bond donors (Lipinski definition) is 2. The van der Waals surface area contributed by atoms with Gasteiger partial charge in [0.1, 0.15) is 11.3 Å². The highest BCUT2D eigenvalue weighted by Crippen LogP contribution is 2.38. The third-order valence-electron chi connectivity index (χ3n) is 1.79. The summed E-state index contributed by atoms with van der Waals surface area (Å²) in [5.74, 6) is -2.85. The summed E-state index contributed by atoms with van der Waals surface area (Å²) >= 11 is 0. The molecule has 0 aliphatic rings. The molecular weight excluding hydrogens is 213 g/mol. The van der Waals surface area contributed by atoms with E-state index in [-0.39, 0.29) is 5.56 Å². The average molecular weight is 220 g/mol. The molecule has 0 aliphatic carbocycles. The number of carbonyl (C=O) groups is 1. The van der Waals surface area contributed by atoms with E-state index in [0.29, 0.717) is 6.07 Å². The maximum Gasteiger partial charge on any atom is 0.419 e. The molecule has 0 fully saturated rings. The van der Waals surface area contributed by atoms with E-state index in [9.17, 15) is 18.0 Å². The Bertz CT molecular complexity index is 410. The maximum absolute atomic E-state index is 12.3. The highest BCUT2D eigenvalue weighted by molar-refractivity contribution is 5.91. The Hall–Kier alpha value is -1.72. The highest BCUT2D eigenvalue weighted by Gasteiger charge is 2.35. The molecule has 1 rings (SSSR count). The standard InChI is InChI=1S/C9H7F3O3/c1-4-2-5(8(14)15)7(13)6(3-4)9(10,11)12/h2-3,13H,1H3,(H,14,15). The first kappa shape index (κ1) is 11.4. The van der Waals surface area contributed by atoms with Gasteiger partial charge in [-0.15, -0.1) is 0 Å². The van der Waals surface area contributed by atoms with Gasteiger partial charge >= 0.3 is 12.1 Å². The summed E-state index contributed by atoms with van der Waals surface area (Å²) in [5.41, 5.74) is -1.96. The van der Waals surface area contributed by atoms with Crippen LogP contribution in [0.25, 0.3) is 0 Å². The van der Waals surface area contributed by atoms with Crippen molar-refractivity contribution in [3.8, 4) is 5.75 Å². The molecule has 0 bridgehead atoms. The summed E-state index contributed by atoms with van der Waals surface area (Å²) < 4.78 is 37.0. The number of aromatic carboxylic acids is 1. The molecule has 82 valence electrons. The van der Waals surface area contributed by atoms with Gasteiger partial charge in [0.25, 0.3) is 0 Å². The smallest absolute Gasteiger partial charge is 0.419 e. The fourth-order valence-electron chi connectivity index (χ4n) is 1.16. The van der Waals surface area contributed by atoms with Crippen molar-refractivity contribution in [2.75, 3.05) is 0 Å². The Morgan fingerprint density at radius 3 is 2.27 bits per heavy atom. The summed E-state index contributed by atoms with van der Waals surface area (Å²) in [4.78, 5) is 10.5. The van der Waals surface area contributed by atoms with E-state index >= 15 is 0 Å². The number of rotatable bonds is 1. The van der Waals surface area contributed by atoms with Crippen molar-refractivity contribution in [3.05, 3.63) is 28.8 Å². The first-order chi connectivity index (χ1) is 6.73. The lowest BCUT2D eigenvalue weighted by Crippen LogP contribution is -2.09. The van der Waals surface area contributed by atoms with Crippen molar-refractivity contribution in [2.45, 2.75) is 13.1 Å². The van der Waals surface area contributed by atoms with Crippen LogP contribution in [0.4, 0.5) is 13.2 Å². The van der Waals surface area contributed by atoms with Gasteiger partial charge in [-0.3, -0.25) is 0 Å². The lowest BCUT2D eigenvalue weighted by molar-refractivity contribution is -0.138. The van der Waals surface area contributed by atoms with E-state index in [0.717, 1.165) is 6.07 Å². The molecule has 0 radical (unpaired) electrons. The zero-order chi connectivity index (χ0) is 11.8. The molecule has 1 aromatic rings. The van der Waals surface area contributed by atoms with Gasteiger partial charge in [0, 0.05) is 0 Å². The topological polar surface area (TPSA) is 57.5 Å². The van der Waals surface area contributed by atoms with Crippen LogP contribution in [0.5, 0.6) is 5.75 Å². The quantitative estimate of drug-likeness (QED) is 0.764. The maximum atomic E-state index is 12.3. The third-order valence-corrected chi connectivity index (χ3v) is 1.79. The predicted molar refractivity (Wildman–Crippen MR) is 44.8 cm³/mol. The van der Waals surface area contributed by atoms with Crippen LogP contribution < -0.4 is 0 Å². The van der Waals surface area contributed by atoms with E-state index < -0.39 is 29.0 Å². The minimum Gasteiger partial charge on any atom is -0.506 e. The van der Waals surface area contributed by atoms with Crippen LogP contribution in [0.3, 0.4) is 0 Å². The van der Waals surface area contributed by atoms with E-state index in [2.05, 4.69) is 0 Å². The molecule has 6 heteroatoms. The molecule has 0 spiro atoms. The second-order valence-electron chi connectivity index (χ2n) is 3.01. The van der Waals surface area contributed by atoms with E-state index in [1.54, 1.807) is 0 Å². The van der Waals surface area contributed by atoms with Crippen molar-refractivity contribution in [3.63, 3.8) is 0 Å². The molecule has 0 aromatic heterocycles. The number of halogens is 3. The SMILES string of the molecule is Cc1cc(C(=O)O)c(O)c(C(F)(F)F)c1. The Kier molecular flexibility index (Phi) is 2.61. The minimum absolute atomic E-state index is 0.123. The molecule has 1 aromatic carbocycles. The molecule has 0 aliphatic heterocycles. The van der Waals surface area contributed by atoms with Crippen molar-refractivity contribution in [1.82, 2.24) is 0 Å². The van der Waals surface area contributed by atoms with Gasteiger partial charge < -0.3 is 10.2 Å². The number of carboxylic acids is 1. The molecule has 3 nitrogen and oxygen atoms in total. The number of phenols is 1. The summed E-state index contributed by atoms with van der Waals surface area (Å²) in [6.45, 7) is 1.32. The number of carboxylic acid groups (broad SMARTS) is 1.